The van der Waals surface area contributed by atoms with E-state index in [9.17, 15) is 26.4 Å². The minimum Gasteiger partial charge on any atom is -0.274 e. The molecule has 1 aromatic rings. The van der Waals surface area contributed by atoms with Gasteiger partial charge in [0.1, 0.15) is 0 Å². The highest BCUT2D eigenvalue weighted by molar-refractivity contribution is 7.89. The topological polar surface area (TPSA) is 54.5 Å². The lowest BCUT2D eigenvalue weighted by Crippen LogP contribution is -2.34. The van der Waals surface area contributed by atoms with E-state index >= 15 is 0 Å². The largest absolute Gasteiger partial charge is 0.394 e. The zero-order valence-corrected chi connectivity index (χ0v) is 11.3. The van der Waals surface area contributed by atoms with E-state index in [4.69, 9.17) is 0 Å². The van der Waals surface area contributed by atoms with Crippen molar-refractivity contribution >= 4 is 15.9 Å². The molecule has 4 nitrogen and oxygen atoms in total. The van der Waals surface area contributed by atoms with E-state index in [0.29, 0.717) is 4.31 Å². The van der Waals surface area contributed by atoms with E-state index in [0.717, 1.165) is 5.56 Å². The van der Waals surface area contributed by atoms with Crippen molar-refractivity contribution in [2.75, 3.05) is 6.54 Å². The molecule has 1 aliphatic heterocycles. The predicted molar refractivity (Wildman–Crippen MR) is 64.2 cm³/mol. The van der Waals surface area contributed by atoms with E-state index in [1.54, 1.807) is 6.92 Å². The van der Waals surface area contributed by atoms with Crippen molar-refractivity contribution in [2.45, 2.75) is 24.4 Å². The van der Waals surface area contributed by atoms with Gasteiger partial charge in [-0.25, -0.2) is 12.7 Å². The molecule has 0 aromatic heterocycles. The molecule has 1 saturated heterocycles. The van der Waals surface area contributed by atoms with Gasteiger partial charge < -0.3 is 0 Å². The number of hydrogen-bond acceptors (Lipinski definition) is 3. The van der Waals surface area contributed by atoms with Crippen LogP contribution in [0.25, 0.3) is 0 Å². The number of nitrogens with zero attached hydrogens (tertiary/aromatic N) is 1. The van der Waals surface area contributed by atoms with Gasteiger partial charge in [-0.15, -0.1) is 0 Å². The van der Waals surface area contributed by atoms with Crippen LogP contribution in [-0.2, 0) is 14.8 Å². The van der Waals surface area contributed by atoms with E-state index in [1.807, 2.05) is 0 Å². The maximum atomic E-state index is 12.6. The van der Waals surface area contributed by atoms with Crippen molar-refractivity contribution in [1.29, 1.82) is 0 Å². The maximum absolute atomic E-state index is 12.6. The van der Waals surface area contributed by atoms with Crippen LogP contribution in [0.15, 0.2) is 29.2 Å². The lowest BCUT2D eigenvalue weighted by atomic mass is 10.1. The average molecular weight is 307 g/mol. The van der Waals surface area contributed by atoms with E-state index in [-0.39, 0.29) is 4.90 Å². The van der Waals surface area contributed by atoms with Gasteiger partial charge in [-0.1, -0.05) is 17.7 Å². The highest BCUT2D eigenvalue weighted by Crippen LogP contribution is 2.36. The molecule has 2 rings (SSSR count). The number of benzene rings is 1. The third-order valence-corrected chi connectivity index (χ3v) is 4.96. The van der Waals surface area contributed by atoms with Gasteiger partial charge in [-0.2, -0.15) is 13.2 Å². The molecular formula is C12H12F3NO3S. The summed E-state index contributed by atoms with van der Waals surface area (Å²) in [6.45, 7) is 0.898. The Balaban J connectivity index is 2.31. The first-order chi connectivity index (χ1) is 9.12. The van der Waals surface area contributed by atoms with Crippen molar-refractivity contribution in [1.82, 2.24) is 4.31 Å². The summed E-state index contributed by atoms with van der Waals surface area (Å²) in [6.07, 6.45) is -5.40. The van der Waals surface area contributed by atoms with Gasteiger partial charge in [0.2, 0.25) is 5.91 Å². The van der Waals surface area contributed by atoms with Crippen LogP contribution in [0.5, 0.6) is 0 Å². The highest BCUT2D eigenvalue weighted by atomic mass is 32.2. The Bertz CT molecular complexity index is 622. The molecule has 110 valence electrons. The lowest BCUT2D eigenvalue weighted by Gasteiger charge is -2.18. The van der Waals surface area contributed by atoms with Crippen LogP contribution in [-0.4, -0.2) is 31.4 Å². The molecule has 1 fully saturated rings. The van der Waals surface area contributed by atoms with Crippen LogP contribution >= 0.6 is 0 Å². The van der Waals surface area contributed by atoms with Crippen molar-refractivity contribution in [2.24, 2.45) is 5.92 Å². The van der Waals surface area contributed by atoms with Crippen molar-refractivity contribution in [3.05, 3.63) is 29.8 Å². The zero-order valence-electron chi connectivity index (χ0n) is 10.5. The smallest absolute Gasteiger partial charge is 0.274 e. The first-order valence-corrected chi connectivity index (χ1v) is 7.25. The van der Waals surface area contributed by atoms with Crippen molar-refractivity contribution in [3.63, 3.8) is 0 Å². The fraction of sp³-hybridized carbons (Fsp3) is 0.417. The molecule has 1 aliphatic rings. The first-order valence-electron chi connectivity index (χ1n) is 5.81. The third-order valence-electron chi connectivity index (χ3n) is 3.16. The second-order valence-corrected chi connectivity index (χ2v) is 6.55. The molecule has 1 atom stereocenters. The number of carbonyl (C=O) groups excluding carboxylic acids is 1. The Morgan fingerprint density at radius 2 is 1.75 bits per heavy atom. The van der Waals surface area contributed by atoms with Gasteiger partial charge in [0.05, 0.1) is 10.8 Å². The second-order valence-electron chi connectivity index (χ2n) is 4.69. The molecule has 1 heterocycles. The number of alkyl halides is 3. The summed E-state index contributed by atoms with van der Waals surface area (Å²) in [6, 6.07) is 5.60. The quantitative estimate of drug-likeness (QED) is 0.841. The normalized spacial score (nSPS) is 20.5. The van der Waals surface area contributed by atoms with Crippen LogP contribution in [0.2, 0.25) is 0 Å². The summed E-state index contributed by atoms with van der Waals surface area (Å²) < 4.78 is 62.4. The van der Waals surface area contributed by atoms with Crippen molar-refractivity contribution < 1.29 is 26.4 Å². The van der Waals surface area contributed by atoms with Gasteiger partial charge in [-0.05, 0) is 19.1 Å². The maximum Gasteiger partial charge on any atom is 0.394 e. The van der Waals surface area contributed by atoms with Crippen LogP contribution in [0, 0.1) is 12.8 Å². The summed E-state index contributed by atoms with van der Waals surface area (Å²) in [7, 11) is -4.21. The lowest BCUT2D eigenvalue weighted by molar-refractivity contribution is -0.170. The van der Waals surface area contributed by atoms with Crippen LogP contribution in [0.4, 0.5) is 13.2 Å². The van der Waals surface area contributed by atoms with E-state index in [1.165, 1.54) is 24.3 Å². The SMILES string of the molecule is Cc1ccc(S(=O)(=O)N2C[C@H](C(F)(F)F)CC2=O)cc1. The predicted octanol–water partition coefficient (Wildman–Crippen LogP) is 2.09. The zero-order chi connectivity index (χ0) is 15.1. The monoisotopic (exact) mass is 307 g/mol. The minimum atomic E-state index is -4.58. The fourth-order valence-corrected chi connectivity index (χ4v) is 3.42. The summed E-state index contributed by atoms with van der Waals surface area (Å²) in [5.41, 5.74) is 0.810. The standard InChI is InChI=1S/C12H12F3NO3S/c1-8-2-4-10(5-3-8)20(18,19)16-7-9(6-11(16)17)12(13,14)15/h2-5,9H,6-7H2,1H3/t9-/m1/s1. The molecule has 0 spiro atoms. The second kappa shape index (κ2) is 4.76. The molecule has 1 aromatic carbocycles. The number of sulfonamides is 1. The molecule has 0 saturated carbocycles. The third kappa shape index (κ3) is 2.65. The fourth-order valence-electron chi connectivity index (χ4n) is 1.97. The Morgan fingerprint density at radius 1 is 1.20 bits per heavy atom. The molecule has 0 unspecified atom stereocenters. The Hall–Kier alpha value is -1.57. The van der Waals surface area contributed by atoms with Crippen LogP contribution in [0.1, 0.15) is 12.0 Å². The number of aryl methyl sites for hydroxylation is 1. The number of amides is 1. The van der Waals surface area contributed by atoms with E-state index < -0.39 is 41.0 Å². The number of carbonyl (C=O) groups is 1. The van der Waals surface area contributed by atoms with Crippen molar-refractivity contribution in [3.8, 4) is 0 Å². The molecule has 0 aliphatic carbocycles. The summed E-state index contributed by atoms with van der Waals surface area (Å²) in [4.78, 5) is 11.4. The Labute approximate surface area is 114 Å². The molecule has 8 heteroatoms. The van der Waals surface area contributed by atoms with E-state index in [2.05, 4.69) is 0 Å². The van der Waals surface area contributed by atoms with Crippen LogP contribution in [0.3, 0.4) is 0 Å². The molecule has 0 bridgehead atoms. The molecule has 0 radical (unpaired) electrons. The minimum absolute atomic E-state index is 0.181. The van der Waals surface area contributed by atoms with Gasteiger partial charge in [0.15, 0.2) is 0 Å². The summed E-state index contributed by atoms with van der Waals surface area (Å²) in [5.74, 6) is -2.96. The Kier molecular flexibility index (Phi) is 3.53. The summed E-state index contributed by atoms with van der Waals surface area (Å²) >= 11 is 0. The molecule has 20 heavy (non-hydrogen) atoms. The first kappa shape index (κ1) is 14.8. The molecule has 1 amide bonds. The summed E-state index contributed by atoms with van der Waals surface area (Å²) in [5, 5.41) is 0. The Morgan fingerprint density at radius 3 is 2.20 bits per heavy atom. The average Bonchev–Trinajstić information content (AvgIpc) is 2.72. The number of hydrogen-bond donors (Lipinski definition) is 0. The van der Waals surface area contributed by atoms with Gasteiger partial charge in [0, 0.05) is 13.0 Å². The molecule has 0 N–H and O–H groups in total. The molecular weight excluding hydrogens is 295 g/mol. The van der Waals surface area contributed by atoms with Gasteiger partial charge in [0.25, 0.3) is 10.0 Å². The van der Waals surface area contributed by atoms with Crippen LogP contribution < -0.4 is 0 Å². The highest BCUT2D eigenvalue weighted by Gasteiger charge is 2.50. The number of halogens is 3. The van der Waals surface area contributed by atoms with Gasteiger partial charge in [-0.3, -0.25) is 4.79 Å². The number of rotatable bonds is 2. The van der Waals surface area contributed by atoms with Gasteiger partial charge >= 0.3 is 6.18 Å².